The second-order valence-corrected chi connectivity index (χ2v) is 6.31. The third-order valence-corrected chi connectivity index (χ3v) is 4.47. The molecule has 2 fully saturated rings. The number of rotatable bonds is 3. The Morgan fingerprint density at radius 2 is 2.10 bits per heavy atom. The van der Waals surface area contributed by atoms with E-state index in [1.807, 2.05) is 0 Å². The number of hydrogen-bond donors (Lipinski definition) is 1. The number of pyridine rings is 1. The first-order chi connectivity index (χ1) is 9.66. The molecule has 0 amide bonds. The Morgan fingerprint density at radius 3 is 2.71 bits per heavy atom. The predicted octanol–water partition coefficient (Wildman–Crippen LogP) is 1.76. The van der Waals surface area contributed by atoms with Gasteiger partial charge in [-0.15, -0.1) is 12.4 Å². The van der Waals surface area contributed by atoms with Crippen molar-refractivity contribution in [2.24, 2.45) is 5.41 Å². The maximum Gasteiger partial charge on any atom is 0.165 e. The van der Waals surface area contributed by atoms with E-state index in [0.717, 1.165) is 45.8 Å². The van der Waals surface area contributed by atoms with Gasteiger partial charge in [0.2, 0.25) is 0 Å². The van der Waals surface area contributed by atoms with Gasteiger partial charge < -0.3 is 10.2 Å². The van der Waals surface area contributed by atoms with E-state index in [9.17, 15) is 4.39 Å². The summed E-state index contributed by atoms with van der Waals surface area (Å²) in [6, 6.07) is 3.13. The van der Waals surface area contributed by atoms with Gasteiger partial charge in [-0.2, -0.15) is 0 Å². The molecule has 2 aliphatic rings. The summed E-state index contributed by atoms with van der Waals surface area (Å²) < 4.78 is 13.7. The highest BCUT2D eigenvalue weighted by atomic mass is 35.5. The second-order valence-electron chi connectivity index (χ2n) is 6.31. The molecule has 1 aromatic rings. The van der Waals surface area contributed by atoms with Crippen molar-refractivity contribution in [1.29, 1.82) is 0 Å². The smallest absolute Gasteiger partial charge is 0.165 e. The van der Waals surface area contributed by atoms with Gasteiger partial charge in [-0.3, -0.25) is 4.90 Å². The number of nitrogens with one attached hydrogen (secondary N) is 1. The van der Waals surface area contributed by atoms with Crippen LogP contribution >= 0.6 is 12.4 Å². The van der Waals surface area contributed by atoms with Gasteiger partial charge in [-0.1, -0.05) is 6.92 Å². The monoisotopic (exact) mass is 314 g/mol. The third kappa shape index (κ3) is 3.84. The highest BCUT2D eigenvalue weighted by Crippen LogP contribution is 2.26. The molecule has 2 saturated heterocycles. The second kappa shape index (κ2) is 6.90. The van der Waals surface area contributed by atoms with E-state index < -0.39 is 0 Å². The Morgan fingerprint density at radius 1 is 1.33 bits per heavy atom. The van der Waals surface area contributed by atoms with Crippen molar-refractivity contribution in [3.8, 4) is 0 Å². The third-order valence-electron chi connectivity index (χ3n) is 4.47. The minimum atomic E-state index is -0.215. The highest BCUT2D eigenvalue weighted by Gasteiger charge is 2.32. The van der Waals surface area contributed by atoms with Crippen molar-refractivity contribution in [3.63, 3.8) is 0 Å². The summed E-state index contributed by atoms with van der Waals surface area (Å²) in [6.07, 6.45) is 2.91. The number of aromatic nitrogens is 1. The quantitative estimate of drug-likeness (QED) is 0.921. The Bertz CT molecular complexity index is 457. The Balaban J connectivity index is 0.00000161. The van der Waals surface area contributed by atoms with E-state index in [1.54, 1.807) is 12.3 Å². The van der Waals surface area contributed by atoms with Crippen LogP contribution in [0.15, 0.2) is 18.3 Å². The lowest BCUT2D eigenvalue weighted by Crippen LogP contribution is -2.50. The Hall–Kier alpha value is -0.910. The highest BCUT2D eigenvalue weighted by molar-refractivity contribution is 5.85. The molecule has 4 nitrogen and oxygen atoms in total. The van der Waals surface area contributed by atoms with Crippen LogP contribution < -0.4 is 10.2 Å². The van der Waals surface area contributed by atoms with E-state index in [0.29, 0.717) is 11.2 Å². The molecule has 1 N–H and O–H groups in total. The number of anilines is 1. The maximum atomic E-state index is 13.7. The molecule has 1 aromatic heterocycles. The van der Waals surface area contributed by atoms with Crippen molar-refractivity contribution >= 4 is 18.2 Å². The van der Waals surface area contributed by atoms with Gasteiger partial charge in [0.05, 0.1) is 0 Å². The number of hydrogen-bond acceptors (Lipinski definition) is 4. The number of halogens is 2. The number of piperazine rings is 1. The zero-order valence-electron chi connectivity index (χ0n) is 12.5. The normalized spacial score (nSPS) is 26.7. The standard InChI is InChI=1S/C15H23FN4.ClH/c1-15(4-6-17-11-15)12-19-7-9-20(10-8-19)14-13(16)3-2-5-18-14;/h2-3,5,17H,4,6-12H2,1H3;1H. The Labute approximate surface area is 132 Å². The minimum Gasteiger partial charge on any atom is -0.352 e. The molecular weight excluding hydrogens is 291 g/mol. The van der Waals surface area contributed by atoms with Crippen molar-refractivity contribution in [3.05, 3.63) is 24.1 Å². The average molecular weight is 315 g/mol. The van der Waals surface area contributed by atoms with Gasteiger partial charge in [0.15, 0.2) is 11.6 Å². The maximum absolute atomic E-state index is 13.7. The van der Waals surface area contributed by atoms with Crippen LogP contribution in [-0.2, 0) is 0 Å². The summed E-state index contributed by atoms with van der Waals surface area (Å²) in [4.78, 5) is 8.73. The molecule has 118 valence electrons. The largest absolute Gasteiger partial charge is 0.352 e. The molecule has 0 aliphatic carbocycles. The fourth-order valence-corrected chi connectivity index (χ4v) is 3.27. The average Bonchev–Trinajstić information content (AvgIpc) is 2.87. The van der Waals surface area contributed by atoms with Crippen molar-refractivity contribution < 1.29 is 4.39 Å². The van der Waals surface area contributed by atoms with E-state index in [2.05, 4.69) is 27.0 Å². The van der Waals surface area contributed by atoms with Crippen LogP contribution in [0.2, 0.25) is 0 Å². The molecule has 3 rings (SSSR count). The molecule has 21 heavy (non-hydrogen) atoms. The van der Waals surface area contributed by atoms with Crippen LogP contribution in [-0.4, -0.2) is 55.7 Å². The molecule has 1 atom stereocenters. The predicted molar refractivity (Wildman–Crippen MR) is 85.7 cm³/mol. The number of nitrogens with zero attached hydrogens (tertiary/aromatic N) is 3. The first kappa shape index (κ1) is 16.5. The topological polar surface area (TPSA) is 31.4 Å². The van der Waals surface area contributed by atoms with Crippen molar-refractivity contribution in [1.82, 2.24) is 15.2 Å². The minimum absolute atomic E-state index is 0. The zero-order chi connectivity index (χ0) is 14.0. The molecule has 0 spiro atoms. The molecular formula is C15H24ClFN4. The van der Waals surface area contributed by atoms with Crippen LogP contribution in [0, 0.1) is 11.2 Å². The Kier molecular flexibility index (Phi) is 5.41. The van der Waals surface area contributed by atoms with Crippen LogP contribution in [0.1, 0.15) is 13.3 Å². The molecule has 1 unspecified atom stereocenters. The molecule has 0 radical (unpaired) electrons. The summed E-state index contributed by atoms with van der Waals surface area (Å²) in [5, 5.41) is 3.45. The molecule has 0 bridgehead atoms. The van der Waals surface area contributed by atoms with Gasteiger partial charge in [0.1, 0.15) is 0 Å². The van der Waals surface area contributed by atoms with Crippen molar-refractivity contribution in [2.45, 2.75) is 13.3 Å². The van der Waals surface area contributed by atoms with Crippen molar-refractivity contribution in [2.75, 3.05) is 50.7 Å². The summed E-state index contributed by atoms with van der Waals surface area (Å²) in [6.45, 7) is 9.44. The first-order valence-electron chi connectivity index (χ1n) is 7.45. The molecule has 3 heterocycles. The zero-order valence-corrected chi connectivity index (χ0v) is 13.3. The van der Waals surface area contributed by atoms with Crippen LogP contribution in [0.5, 0.6) is 0 Å². The lowest BCUT2D eigenvalue weighted by Gasteiger charge is -2.39. The molecule has 0 aromatic carbocycles. The fraction of sp³-hybridized carbons (Fsp3) is 0.667. The van der Waals surface area contributed by atoms with E-state index >= 15 is 0 Å². The molecule has 2 aliphatic heterocycles. The van der Waals surface area contributed by atoms with Crippen LogP contribution in [0.25, 0.3) is 0 Å². The van der Waals surface area contributed by atoms with Gasteiger partial charge in [0, 0.05) is 45.5 Å². The first-order valence-corrected chi connectivity index (χ1v) is 7.45. The van der Waals surface area contributed by atoms with Gasteiger partial charge in [-0.25, -0.2) is 9.37 Å². The molecule has 0 saturated carbocycles. The van der Waals surface area contributed by atoms with E-state index in [-0.39, 0.29) is 18.2 Å². The summed E-state index contributed by atoms with van der Waals surface area (Å²) in [7, 11) is 0. The summed E-state index contributed by atoms with van der Waals surface area (Å²) >= 11 is 0. The van der Waals surface area contributed by atoms with Crippen LogP contribution in [0.3, 0.4) is 0 Å². The van der Waals surface area contributed by atoms with Gasteiger partial charge >= 0.3 is 0 Å². The van der Waals surface area contributed by atoms with Crippen LogP contribution in [0.4, 0.5) is 10.2 Å². The lowest BCUT2D eigenvalue weighted by molar-refractivity contribution is 0.169. The molecule has 6 heteroatoms. The lowest BCUT2D eigenvalue weighted by atomic mass is 9.89. The fourth-order valence-electron chi connectivity index (χ4n) is 3.27. The van der Waals surface area contributed by atoms with Gasteiger partial charge in [-0.05, 0) is 30.5 Å². The van der Waals surface area contributed by atoms with Gasteiger partial charge in [0.25, 0.3) is 0 Å². The SMILES string of the molecule is CC1(CN2CCN(c3ncccc3F)CC2)CCNC1.Cl. The summed E-state index contributed by atoms with van der Waals surface area (Å²) in [5.74, 6) is 0.286. The van der Waals surface area contributed by atoms with E-state index in [1.165, 1.54) is 12.5 Å². The summed E-state index contributed by atoms with van der Waals surface area (Å²) in [5.41, 5.74) is 0.401. The van der Waals surface area contributed by atoms with E-state index in [4.69, 9.17) is 0 Å².